The van der Waals surface area contributed by atoms with Gasteiger partial charge in [-0.15, -0.1) is 0 Å². The van der Waals surface area contributed by atoms with Crippen LogP contribution in [0.3, 0.4) is 0 Å². The van der Waals surface area contributed by atoms with Gasteiger partial charge in [-0.3, -0.25) is 0 Å². The van der Waals surface area contributed by atoms with Crippen molar-refractivity contribution in [1.82, 2.24) is 0 Å². The molecule has 0 saturated heterocycles. The molecule has 3 heteroatoms. The smallest absolute Gasteiger partial charge is 1.00 e. The van der Waals surface area contributed by atoms with Crippen molar-refractivity contribution in [3.05, 3.63) is 85.8 Å². The third-order valence-electron chi connectivity index (χ3n) is 14.0. The molecule has 0 heterocycles. The number of fused-ring (bicyclic) bond motifs is 6. The quantitative estimate of drug-likeness (QED) is 0.379. The fourth-order valence-corrected chi connectivity index (χ4v) is 27.4. The molecule has 0 spiro atoms. The van der Waals surface area contributed by atoms with Gasteiger partial charge in [0.2, 0.25) is 0 Å². The third-order valence-corrected chi connectivity index (χ3v) is 29.5. The molecule has 1 aromatic carbocycles. The van der Waals surface area contributed by atoms with Crippen LogP contribution < -0.4 is 24.8 Å². The van der Waals surface area contributed by atoms with Crippen LogP contribution in [-0.2, 0) is 27.4 Å². The Morgan fingerprint density at radius 3 is 2.14 bits per heavy atom. The number of halogens is 2. The Bertz CT molecular complexity index is 1470. The molecular formula is C39H52Cl2Hf. The van der Waals surface area contributed by atoms with E-state index in [0.717, 1.165) is 6.42 Å². The van der Waals surface area contributed by atoms with E-state index in [1.807, 2.05) is 12.2 Å². The fourth-order valence-electron chi connectivity index (χ4n) is 10.5. The summed E-state index contributed by atoms with van der Waals surface area (Å²) in [7, 11) is 0. The molecule has 42 heavy (non-hydrogen) atoms. The first-order valence-corrected chi connectivity index (χ1v) is 21.5. The zero-order valence-corrected chi connectivity index (χ0v) is 32.9. The van der Waals surface area contributed by atoms with E-state index >= 15 is 0 Å². The summed E-state index contributed by atoms with van der Waals surface area (Å²) >= 11 is -2.67. The van der Waals surface area contributed by atoms with Crippen molar-refractivity contribution in [3.63, 3.8) is 0 Å². The Labute approximate surface area is 277 Å². The van der Waals surface area contributed by atoms with Gasteiger partial charge in [0, 0.05) is 0 Å². The second-order valence-electron chi connectivity index (χ2n) is 15.3. The molecule has 1 saturated carbocycles. The molecule has 0 aliphatic heterocycles. The van der Waals surface area contributed by atoms with Crippen molar-refractivity contribution < 1.29 is 45.8 Å². The van der Waals surface area contributed by atoms with Gasteiger partial charge in [-0.05, 0) is 0 Å². The zero-order chi connectivity index (χ0) is 28.9. The fraction of sp³-hybridized carbons (Fsp3) is 0.564. The number of rotatable bonds is 4. The van der Waals surface area contributed by atoms with Crippen LogP contribution in [0.4, 0.5) is 0 Å². The van der Waals surface area contributed by atoms with Gasteiger partial charge < -0.3 is 24.8 Å². The number of allylic oxidation sites excluding steroid dienone is 10. The summed E-state index contributed by atoms with van der Waals surface area (Å²) in [5, 5.41) is 0. The van der Waals surface area contributed by atoms with Crippen LogP contribution >= 0.6 is 0 Å². The van der Waals surface area contributed by atoms with E-state index in [1.165, 1.54) is 37.7 Å². The Kier molecular flexibility index (Phi) is 9.13. The van der Waals surface area contributed by atoms with E-state index in [1.54, 1.807) is 22.3 Å². The molecule has 0 radical (unpaired) electrons. The van der Waals surface area contributed by atoms with Gasteiger partial charge in [-0.2, -0.15) is 0 Å². The predicted octanol–water partition coefficient (Wildman–Crippen LogP) is 5.01. The predicted molar refractivity (Wildman–Crippen MR) is 171 cm³/mol. The van der Waals surface area contributed by atoms with E-state index in [9.17, 15) is 0 Å². The van der Waals surface area contributed by atoms with Crippen LogP contribution in [0.25, 0.3) is 5.57 Å². The average molecular weight is 770 g/mol. The average Bonchev–Trinajstić information content (AvgIpc) is 3.58. The van der Waals surface area contributed by atoms with Gasteiger partial charge in [0.1, 0.15) is 0 Å². The van der Waals surface area contributed by atoms with Crippen LogP contribution in [-0.4, -0.2) is 3.26 Å². The normalized spacial score (nSPS) is 30.6. The van der Waals surface area contributed by atoms with Crippen LogP contribution in [0, 0.1) is 27.6 Å². The maximum atomic E-state index is 2.83. The van der Waals surface area contributed by atoms with E-state index in [-0.39, 0.29) is 49.6 Å². The molecule has 5 aliphatic rings. The Balaban J connectivity index is 0.00000202. The molecule has 5 aliphatic carbocycles. The monoisotopic (exact) mass is 770 g/mol. The summed E-state index contributed by atoms with van der Waals surface area (Å²) in [6.45, 7) is 26.6. The molecule has 0 aromatic heterocycles. The minimum atomic E-state index is -2.67. The maximum absolute atomic E-state index is 2.83. The van der Waals surface area contributed by atoms with Crippen molar-refractivity contribution in [3.8, 4) is 0 Å². The van der Waals surface area contributed by atoms with Crippen molar-refractivity contribution in [2.45, 2.75) is 111 Å². The van der Waals surface area contributed by atoms with Gasteiger partial charge in [-0.1, -0.05) is 0 Å². The van der Waals surface area contributed by atoms with Crippen molar-refractivity contribution in [2.75, 3.05) is 0 Å². The largest absolute Gasteiger partial charge is 1.00 e. The van der Waals surface area contributed by atoms with Crippen molar-refractivity contribution in [2.24, 2.45) is 27.6 Å². The standard InChI is InChI=1S/C29H37.C5H5.C5H10.2ClH.Hf/c1-18-25-22-17-19-13-9-10-14-20(19)24(22)21-15-11-12-16-23(21)29(25,8)28(6,7)27(4,5)26(18,2)3;1-2-4-5-3-1;1-3-5-4-2;;;/h9-11,13-15,23H,12,16-17H2,1-8H3;1-3H,4H2;3-4H2,1-2H3;2*1H;/q;;;;;+2/p-2. The van der Waals surface area contributed by atoms with E-state index in [0.29, 0.717) is 5.92 Å². The minimum Gasteiger partial charge on any atom is -1.00 e. The first-order valence-electron chi connectivity index (χ1n) is 16.1. The van der Waals surface area contributed by atoms with Gasteiger partial charge >= 0.3 is 254 Å². The number of hydrogen-bond acceptors (Lipinski definition) is 0. The molecular weight excluding hydrogens is 718 g/mol. The third kappa shape index (κ3) is 3.97. The molecule has 0 amide bonds. The Hall–Kier alpha value is -0.760. The van der Waals surface area contributed by atoms with Crippen LogP contribution in [0.2, 0.25) is 3.17 Å². The van der Waals surface area contributed by atoms with Gasteiger partial charge in [-0.25, -0.2) is 0 Å². The zero-order valence-electron chi connectivity index (χ0n) is 27.8. The summed E-state index contributed by atoms with van der Waals surface area (Å²) < 4.78 is 4.03. The molecule has 0 nitrogen and oxygen atoms in total. The summed E-state index contributed by atoms with van der Waals surface area (Å²) in [4.78, 5) is 0. The SMILES string of the molecule is CC[C](CC)=[Hf+2]([C]1=CC=CC1)[C]1(C)C2=C3Cc4ccccc4C3=C3C=CCCC3C2(C)C(C)(C)C(C)(C)C1(C)C.[Cl-].[Cl-]. The molecule has 1 fully saturated rings. The van der Waals surface area contributed by atoms with E-state index < -0.39 is 21.0 Å². The summed E-state index contributed by atoms with van der Waals surface area (Å²) in [6.07, 6.45) is 19.8. The molecule has 0 bridgehead atoms. The summed E-state index contributed by atoms with van der Waals surface area (Å²) in [5.41, 5.74) is 10.6. The Morgan fingerprint density at radius 1 is 0.857 bits per heavy atom. The van der Waals surface area contributed by atoms with Crippen LogP contribution in [0.15, 0.2) is 74.7 Å². The molecule has 1 aromatic rings. The van der Waals surface area contributed by atoms with Gasteiger partial charge in [0.05, 0.1) is 0 Å². The molecule has 6 rings (SSSR count). The van der Waals surface area contributed by atoms with Crippen molar-refractivity contribution in [1.29, 1.82) is 0 Å². The van der Waals surface area contributed by atoms with Crippen molar-refractivity contribution >= 4 is 8.83 Å². The van der Waals surface area contributed by atoms with E-state index in [4.69, 9.17) is 0 Å². The second kappa shape index (κ2) is 11.2. The summed E-state index contributed by atoms with van der Waals surface area (Å²) in [6, 6.07) is 9.42. The maximum Gasteiger partial charge on any atom is -1.00 e. The first kappa shape index (κ1) is 34.1. The summed E-state index contributed by atoms with van der Waals surface area (Å²) in [5.74, 6) is 0.581. The molecule has 0 N–H and O–H groups in total. The van der Waals surface area contributed by atoms with Gasteiger partial charge in [0.25, 0.3) is 0 Å². The van der Waals surface area contributed by atoms with Crippen LogP contribution in [0.1, 0.15) is 112 Å². The molecule has 3 atom stereocenters. The minimum absolute atomic E-state index is 0. The Morgan fingerprint density at radius 2 is 1.52 bits per heavy atom. The number of benzene rings is 1. The van der Waals surface area contributed by atoms with Crippen LogP contribution in [0.5, 0.6) is 0 Å². The molecule has 3 unspecified atom stereocenters. The second-order valence-corrected chi connectivity index (χ2v) is 26.4. The van der Waals surface area contributed by atoms with Gasteiger partial charge in [0.15, 0.2) is 0 Å². The van der Waals surface area contributed by atoms with E-state index in [2.05, 4.69) is 124 Å². The molecule has 226 valence electrons. The first-order chi connectivity index (χ1) is 18.8. The topological polar surface area (TPSA) is 0 Å². The number of hydrogen-bond donors (Lipinski definition) is 0.